The molecule has 0 unspecified atom stereocenters. The van der Waals surface area contributed by atoms with Gasteiger partial charge in [0.15, 0.2) is 0 Å². The van der Waals surface area contributed by atoms with E-state index < -0.39 is 0 Å². The average Bonchev–Trinajstić information content (AvgIpc) is 2.14. The molecule has 0 amide bonds. The molecular formula is C5H7BrClNO. The molecule has 0 aliphatic carbocycles. The largest absolute Gasteiger partial charge is 0.467 e. The summed E-state index contributed by atoms with van der Waals surface area (Å²) in [6, 6.07) is 1.85. The Kier molecular flexibility index (Phi) is 3.93. The Morgan fingerprint density at radius 3 is 2.56 bits per heavy atom. The minimum atomic E-state index is 0. The van der Waals surface area contributed by atoms with Gasteiger partial charge in [-0.2, -0.15) is 0 Å². The molecular weight excluding hydrogens is 205 g/mol. The Balaban J connectivity index is 0.000000640. The molecule has 0 aliphatic rings. The maximum Gasteiger partial charge on any atom is 0.118 e. The van der Waals surface area contributed by atoms with Crippen LogP contribution in [0.3, 0.4) is 0 Å². The van der Waals surface area contributed by atoms with Crippen LogP contribution in [0.2, 0.25) is 0 Å². The first-order valence-corrected chi connectivity index (χ1v) is 3.05. The molecule has 0 spiro atoms. The minimum Gasteiger partial charge on any atom is -0.467 e. The monoisotopic (exact) mass is 211 g/mol. The molecule has 1 aromatic heterocycles. The zero-order valence-electron chi connectivity index (χ0n) is 4.63. The Hall–Kier alpha value is 0.01000. The molecule has 0 radical (unpaired) electrons. The fourth-order valence-electron chi connectivity index (χ4n) is 0.461. The zero-order valence-corrected chi connectivity index (χ0v) is 7.04. The van der Waals surface area contributed by atoms with Gasteiger partial charge >= 0.3 is 0 Å². The highest BCUT2D eigenvalue weighted by atomic mass is 79.9. The van der Waals surface area contributed by atoms with Gasteiger partial charge in [-0.3, -0.25) is 0 Å². The smallest absolute Gasteiger partial charge is 0.118 e. The second-order valence-corrected chi connectivity index (χ2v) is 2.35. The first kappa shape index (κ1) is 9.01. The Bertz CT molecular complexity index is 177. The normalized spacial score (nSPS) is 8.67. The summed E-state index contributed by atoms with van der Waals surface area (Å²) in [4.78, 5) is 0. The van der Waals surface area contributed by atoms with Crippen LogP contribution < -0.4 is 5.73 Å². The van der Waals surface area contributed by atoms with E-state index in [-0.39, 0.29) is 12.4 Å². The summed E-state index contributed by atoms with van der Waals surface area (Å²) in [5.41, 5.74) is 5.25. The fraction of sp³-hybridized carbons (Fsp3) is 0.200. The van der Waals surface area contributed by atoms with Crippen molar-refractivity contribution in [2.75, 3.05) is 0 Å². The molecule has 52 valence electrons. The minimum absolute atomic E-state index is 0. The van der Waals surface area contributed by atoms with Crippen molar-refractivity contribution in [1.29, 1.82) is 0 Å². The third-order valence-corrected chi connectivity index (χ3v) is 1.24. The maximum atomic E-state index is 5.25. The van der Waals surface area contributed by atoms with Gasteiger partial charge in [0.05, 0.1) is 11.0 Å². The summed E-state index contributed by atoms with van der Waals surface area (Å²) in [7, 11) is 0. The van der Waals surface area contributed by atoms with Crippen molar-refractivity contribution in [3.8, 4) is 0 Å². The van der Waals surface area contributed by atoms with E-state index in [1.807, 2.05) is 6.07 Å². The summed E-state index contributed by atoms with van der Waals surface area (Å²) in [5, 5.41) is 0. The molecule has 9 heavy (non-hydrogen) atoms. The number of rotatable bonds is 1. The maximum absolute atomic E-state index is 5.25. The molecule has 4 heteroatoms. The lowest BCUT2D eigenvalue weighted by molar-refractivity contribution is 0.511. The van der Waals surface area contributed by atoms with Crippen molar-refractivity contribution in [3.05, 3.63) is 22.6 Å². The van der Waals surface area contributed by atoms with Crippen molar-refractivity contribution in [1.82, 2.24) is 0 Å². The van der Waals surface area contributed by atoms with E-state index in [0.717, 1.165) is 10.2 Å². The molecule has 0 fully saturated rings. The van der Waals surface area contributed by atoms with Crippen LogP contribution in [0.25, 0.3) is 0 Å². The van der Waals surface area contributed by atoms with Crippen molar-refractivity contribution < 1.29 is 4.42 Å². The van der Waals surface area contributed by atoms with Gasteiger partial charge in [-0.15, -0.1) is 12.4 Å². The molecule has 2 nitrogen and oxygen atoms in total. The fourth-order valence-corrected chi connectivity index (χ4v) is 0.810. The van der Waals surface area contributed by atoms with Crippen LogP contribution in [-0.4, -0.2) is 0 Å². The summed E-state index contributed by atoms with van der Waals surface area (Å²) in [5.74, 6) is 0.803. The van der Waals surface area contributed by atoms with Gasteiger partial charge in [-0.25, -0.2) is 0 Å². The highest BCUT2D eigenvalue weighted by Gasteiger charge is 1.92. The van der Waals surface area contributed by atoms with Gasteiger partial charge in [-0.1, -0.05) is 0 Å². The van der Waals surface area contributed by atoms with E-state index in [0.29, 0.717) is 6.54 Å². The van der Waals surface area contributed by atoms with Gasteiger partial charge in [0.25, 0.3) is 0 Å². The highest BCUT2D eigenvalue weighted by molar-refractivity contribution is 9.10. The van der Waals surface area contributed by atoms with Gasteiger partial charge in [0, 0.05) is 0 Å². The van der Waals surface area contributed by atoms with Crippen LogP contribution in [0.1, 0.15) is 5.76 Å². The molecule has 2 N–H and O–H groups in total. The summed E-state index contributed by atoms with van der Waals surface area (Å²) in [6.07, 6.45) is 1.61. The molecule has 0 aliphatic heterocycles. The van der Waals surface area contributed by atoms with Crippen LogP contribution in [-0.2, 0) is 6.54 Å². The molecule has 0 aromatic carbocycles. The number of hydrogen-bond acceptors (Lipinski definition) is 2. The van der Waals surface area contributed by atoms with E-state index >= 15 is 0 Å². The van der Waals surface area contributed by atoms with Crippen LogP contribution in [0.5, 0.6) is 0 Å². The number of nitrogens with two attached hydrogens (primary N) is 1. The highest BCUT2D eigenvalue weighted by Crippen LogP contribution is 2.12. The van der Waals surface area contributed by atoms with E-state index in [2.05, 4.69) is 15.9 Å². The van der Waals surface area contributed by atoms with Crippen LogP contribution in [0, 0.1) is 0 Å². The van der Waals surface area contributed by atoms with Crippen molar-refractivity contribution >= 4 is 28.3 Å². The number of hydrogen-bond donors (Lipinski definition) is 1. The first-order valence-electron chi connectivity index (χ1n) is 2.26. The van der Waals surface area contributed by atoms with E-state index in [4.69, 9.17) is 10.2 Å². The van der Waals surface area contributed by atoms with Crippen LogP contribution >= 0.6 is 28.3 Å². The number of furan rings is 1. The Morgan fingerprint density at radius 1 is 1.67 bits per heavy atom. The standard InChI is InChI=1S/C5H6BrNO.ClH/c6-4-1-5(2-7)8-3-4;/h1,3H,2,7H2;1H. The second kappa shape index (κ2) is 3.93. The SMILES string of the molecule is Cl.NCc1cc(Br)co1. The lowest BCUT2D eigenvalue weighted by atomic mass is 10.5. The van der Waals surface area contributed by atoms with Gasteiger partial charge < -0.3 is 10.2 Å². The lowest BCUT2D eigenvalue weighted by Gasteiger charge is -1.80. The molecule has 0 bridgehead atoms. The van der Waals surface area contributed by atoms with Gasteiger partial charge in [-0.05, 0) is 22.0 Å². The van der Waals surface area contributed by atoms with Crippen molar-refractivity contribution in [2.24, 2.45) is 5.73 Å². The van der Waals surface area contributed by atoms with E-state index in [1.165, 1.54) is 0 Å². The van der Waals surface area contributed by atoms with Gasteiger partial charge in [0.2, 0.25) is 0 Å². The molecule has 0 saturated heterocycles. The molecule has 0 atom stereocenters. The molecule has 1 aromatic rings. The third-order valence-electron chi connectivity index (χ3n) is 0.823. The zero-order chi connectivity index (χ0) is 5.98. The average molecular weight is 212 g/mol. The second-order valence-electron chi connectivity index (χ2n) is 1.44. The lowest BCUT2D eigenvalue weighted by Crippen LogP contribution is -1.92. The number of halogens is 2. The van der Waals surface area contributed by atoms with Crippen LogP contribution in [0.4, 0.5) is 0 Å². The topological polar surface area (TPSA) is 39.2 Å². The molecule has 0 saturated carbocycles. The van der Waals surface area contributed by atoms with Gasteiger partial charge in [0.1, 0.15) is 12.0 Å². The summed E-state index contributed by atoms with van der Waals surface area (Å²) >= 11 is 3.22. The van der Waals surface area contributed by atoms with E-state index in [1.54, 1.807) is 6.26 Å². The predicted molar refractivity (Wildman–Crippen MR) is 41.5 cm³/mol. The Morgan fingerprint density at radius 2 is 2.33 bits per heavy atom. The summed E-state index contributed by atoms with van der Waals surface area (Å²) < 4.78 is 5.88. The van der Waals surface area contributed by atoms with Crippen molar-refractivity contribution in [2.45, 2.75) is 6.54 Å². The predicted octanol–water partition coefficient (Wildman–Crippen LogP) is 1.92. The third kappa shape index (κ3) is 2.39. The van der Waals surface area contributed by atoms with Crippen LogP contribution in [0.15, 0.2) is 21.2 Å². The van der Waals surface area contributed by atoms with Crippen molar-refractivity contribution in [3.63, 3.8) is 0 Å². The quantitative estimate of drug-likeness (QED) is 0.772. The Labute approximate surface area is 68.0 Å². The molecule has 1 rings (SSSR count). The molecule has 1 heterocycles. The summed E-state index contributed by atoms with van der Waals surface area (Å²) in [6.45, 7) is 0.464. The van der Waals surface area contributed by atoms with E-state index in [9.17, 15) is 0 Å². The first-order chi connectivity index (χ1) is 3.83.